The third-order valence-electron chi connectivity index (χ3n) is 3.65. The van der Waals surface area contributed by atoms with Crippen molar-refractivity contribution < 1.29 is 35.9 Å². The lowest BCUT2D eigenvalue weighted by atomic mass is 9.89. The van der Waals surface area contributed by atoms with E-state index in [4.69, 9.17) is 0 Å². The van der Waals surface area contributed by atoms with E-state index in [-0.39, 0.29) is 18.4 Å². The fraction of sp³-hybridized carbons (Fsp3) is 0.444. The lowest BCUT2D eigenvalue weighted by Crippen LogP contribution is -2.37. The molecule has 0 aliphatic rings. The number of nitrogens with zero attached hydrogens (tertiary/aromatic N) is 1. The number of esters is 1. The third kappa shape index (κ3) is 5.83. The van der Waals surface area contributed by atoms with E-state index >= 15 is 0 Å². The maximum Gasteiger partial charge on any atom is 0.416 e. The van der Waals surface area contributed by atoms with Crippen LogP contribution in [0.5, 0.6) is 0 Å². The molecule has 0 spiro atoms. The Bertz CT molecular complexity index is 689. The number of hydrogen-bond donors (Lipinski definition) is 0. The molecule has 0 aliphatic carbocycles. The number of carbonyl (C=O) groups excluding carboxylic acids is 1. The normalized spacial score (nSPS) is 15.0. The van der Waals surface area contributed by atoms with Crippen LogP contribution in [0.2, 0.25) is 0 Å². The van der Waals surface area contributed by atoms with Crippen LogP contribution in [0.4, 0.5) is 26.3 Å². The number of alkyl halides is 6. The number of rotatable bonds is 6. The van der Waals surface area contributed by atoms with Crippen molar-refractivity contribution in [3.05, 3.63) is 47.5 Å². The summed E-state index contributed by atoms with van der Waals surface area (Å²) >= 11 is 0. The molecule has 0 saturated carbocycles. The van der Waals surface area contributed by atoms with Crippen LogP contribution >= 0.6 is 0 Å². The summed E-state index contributed by atoms with van der Waals surface area (Å²) < 4.78 is 82.2. The Labute approximate surface area is 152 Å². The van der Waals surface area contributed by atoms with Gasteiger partial charge in [0.05, 0.1) is 18.2 Å². The number of halogens is 6. The second-order valence-corrected chi connectivity index (χ2v) is 6.32. The van der Waals surface area contributed by atoms with Gasteiger partial charge in [-0.05, 0) is 36.1 Å². The largest absolute Gasteiger partial charge is 0.467 e. The Hall–Kier alpha value is -2.32. The van der Waals surface area contributed by atoms with Crippen molar-refractivity contribution in [3.63, 3.8) is 0 Å². The minimum absolute atomic E-state index is 0.0204. The molecule has 9 heteroatoms. The predicted molar refractivity (Wildman–Crippen MR) is 88.4 cm³/mol. The molecule has 0 fully saturated rings. The summed E-state index contributed by atoms with van der Waals surface area (Å²) in [7, 11) is 1.10. The van der Waals surface area contributed by atoms with Gasteiger partial charge in [0.15, 0.2) is 5.54 Å². The van der Waals surface area contributed by atoms with E-state index in [1.165, 1.54) is 0 Å². The summed E-state index contributed by atoms with van der Waals surface area (Å²) in [6, 6.07) is 1.07. The van der Waals surface area contributed by atoms with Gasteiger partial charge in [-0.15, -0.1) is 6.58 Å². The molecule has 0 bridgehead atoms. The van der Waals surface area contributed by atoms with Gasteiger partial charge < -0.3 is 4.74 Å². The molecule has 150 valence electrons. The average Bonchev–Trinajstić information content (AvgIpc) is 2.55. The van der Waals surface area contributed by atoms with E-state index < -0.39 is 40.6 Å². The number of hydrogen-bond acceptors (Lipinski definition) is 3. The molecule has 1 unspecified atom stereocenters. The van der Waals surface area contributed by atoms with Gasteiger partial charge in [-0.2, -0.15) is 26.3 Å². The monoisotopic (exact) mass is 395 g/mol. The number of aliphatic imine (C=N–C) groups is 1. The molecule has 0 N–H and O–H groups in total. The average molecular weight is 395 g/mol. The number of methoxy groups -OCH3 is 1. The Morgan fingerprint density at radius 3 is 1.93 bits per heavy atom. The van der Waals surface area contributed by atoms with Gasteiger partial charge >= 0.3 is 18.3 Å². The summed E-state index contributed by atoms with van der Waals surface area (Å²) in [6.07, 6.45) is -7.87. The minimum atomic E-state index is -4.97. The highest BCUT2D eigenvalue weighted by atomic mass is 19.4. The van der Waals surface area contributed by atoms with E-state index in [0.29, 0.717) is 12.1 Å². The van der Waals surface area contributed by atoms with Crippen molar-refractivity contribution in [1.29, 1.82) is 0 Å². The zero-order chi connectivity index (χ0) is 21.0. The molecule has 1 atom stereocenters. The molecular formula is C18H19F6NO2. The summed E-state index contributed by atoms with van der Waals surface area (Å²) in [4.78, 5) is 16.1. The van der Waals surface area contributed by atoms with Crippen molar-refractivity contribution in [3.8, 4) is 0 Å². The highest BCUT2D eigenvalue weighted by molar-refractivity contribution is 5.89. The smallest absolute Gasteiger partial charge is 0.416 e. The first-order valence-corrected chi connectivity index (χ1v) is 7.82. The van der Waals surface area contributed by atoms with Gasteiger partial charge in [-0.1, -0.05) is 19.9 Å². The van der Waals surface area contributed by atoms with Gasteiger partial charge in [0.2, 0.25) is 0 Å². The fourth-order valence-electron chi connectivity index (χ4n) is 2.45. The summed E-state index contributed by atoms with van der Waals surface area (Å²) in [5.41, 5.74) is -5.00. The second-order valence-electron chi connectivity index (χ2n) is 6.32. The van der Waals surface area contributed by atoms with E-state index in [1.807, 2.05) is 0 Å². The molecule has 0 amide bonds. The van der Waals surface area contributed by atoms with Gasteiger partial charge in [-0.25, -0.2) is 4.79 Å². The topological polar surface area (TPSA) is 38.7 Å². The molecule has 3 nitrogen and oxygen atoms in total. The van der Waals surface area contributed by atoms with Crippen LogP contribution in [0.3, 0.4) is 0 Å². The van der Waals surface area contributed by atoms with E-state index in [0.717, 1.165) is 19.4 Å². The van der Waals surface area contributed by atoms with E-state index in [2.05, 4.69) is 16.3 Å². The molecule has 1 aromatic rings. The molecule has 1 rings (SSSR count). The molecule has 0 aromatic heterocycles. The lowest BCUT2D eigenvalue weighted by Gasteiger charge is -2.25. The van der Waals surface area contributed by atoms with Crippen LogP contribution in [0, 0.1) is 5.92 Å². The second kappa shape index (κ2) is 8.14. The third-order valence-corrected chi connectivity index (χ3v) is 3.65. The SMILES string of the molecule is C=CC(CC(C)C)(N=Cc1cc(C(F)(F)F)cc(C(F)(F)F)c1)C(=O)OC. The van der Waals surface area contributed by atoms with Gasteiger partial charge in [0.1, 0.15) is 0 Å². The maximum absolute atomic E-state index is 12.9. The van der Waals surface area contributed by atoms with Crippen LogP contribution in [-0.4, -0.2) is 24.8 Å². The van der Waals surface area contributed by atoms with Crippen LogP contribution in [0.15, 0.2) is 35.8 Å². The van der Waals surface area contributed by atoms with Gasteiger partial charge in [-0.3, -0.25) is 4.99 Å². The van der Waals surface area contributed by atoms with Crippen molar-refractivity contribution in [1.82, 2.24) is 0 Å². The Kier molecular flexibility index (Phi) is 6.85. The zero-order valence-corrected chi connectivity index (χ0v) is 14.9. The van der Waals surface area contributed by atoms with Crippen LogP contribution < -0.4 is 0 Å². The Morgan fingerprint density at radius 2 is 1.59 bits per heavy atom. The summed E-state index contributed by atoms with van der Waals surface area (Å²) in [6.45, 7) is 7.04. The lowest BCUT2D eigenvalue weighted by molar-refractivity contribution is -0.146. The predicted octanol–water partition coefficient (Wildman–Crippen LogP) is 5.29. The highest BCUT2D eigenvalue weighted by Gasteiger charge is 2.38. The molecule has 1 aromatic carbocycles. The standard InChI is InChI=1S/C18H19F6NO2/c1-5-16(9-11(2)3,15(26)27-4)25-10-12-6-13(17(19,20)21)8-14(7-12)18(22,23)24/h5-8,10-11H,1,9H2,2-4H3. The highest BCUT2D eigenvalue weighted by Crippen LogP contribution is 2.36. The van der Waals surface area contributed by atoms with Crippen molar-refractivity contribution in [2.24, 2.45) is 10.9 Å². The van der Waals surface area contributed by atoms with Gasteiger partial charge in [0, 0.05) is 6.21 Å². The summed E-state index contributed by atoms with van der Waals surface area (Å²) in [5.74, 6) is -0.892. The first-order chi connectivity index (χ1) is 12.2. The Morgan fingerprint density at radius 1 is 1.11 bits per heavy atom. The quantitative estimate of drug-likeness (QED) is 0.284. The van der Waals surface area contributed by atoms with Gasteiger partial charge in [0.25, 0.3) is 0 Å². The first kappa shape index (κ1) is 22.7. The number of carbonyl (C=O) groups is 1. The molecule has 0 saturated heterocycles. The molecule has 0 heterocycles. The van der Waals surface area contributed by atoms with Crippen LogP contribution in [-0.2, 0) is 21.9 Å². The minimum Gasteiger partial charge on any atom is -0.467 e. The van der Waals surface area contributed by atoms with E-state index in [9.17, 15) is 31.1 Å². The Balaban J connectivity index is 3.50. The number of benzene rings is 1. The fourth-order valence-corrected chi connectivity index (χ4v) is 2.45. The molecule has 0 radical (unpaired) electrons. The zero-order valence-electron chi connectivity index (χ0n) is 14.9. The van der Waals surface area contributed by atoms with Crippen molar-refractivity contribution in [2.75, 3.05) is 7.11 Å². The van der Waals surface area contributed by atoms with Crippen LogP contribution in [0.1, 0.15) is 37.0 Å². The van der Waals surface area contributed by atoms with E-state index in [1.54, 1.807) is 13.8 Å². The van der Waals surface area contributed by atoms with Crippen molar-refractivity contribution in [2.45, 2.75) is 38.2 Å². The first-order valence-electron chi connectivity index (χ1n) is 7.82. The van der Waals surface area contributed by atoms with Crippen molar-refractivity contribution >= 4 is 12.2 Å². The summed E-state index contributed by atoms with van der Waals surface area (Å²) in [5, 5.41) is 0. The maximum atomic E-state index is 12.9. The molecular weight excluding hydrogens is 376 g/mol. The molecule has 27 heavy (non-hydrogen) atoms. The number of ether oxygens (including phenoxy) is 1. The molecule has 0 aliphatic heterocycles. The van der Waals surface area contributed by atoms with Crippen LogP contribution in [0.25, 0.3) is 0 Å².